The van der Waals surface area contributed by atoms with Gasteiger partial charge in [-0.25, -0.2) is 14.1 Å². The zero-order valence-electron chi connectivity index (χ0n) is 11.3. The first kappa shape index (κ1) is 14.9. The summed E-state index contributed by atoms with van der Waals surface area (Å²) in [5.41, 5.74) is 2.94. The molecule has 0 aliphatic rings. The molecule has 1 aromatic carbocycles. The van der Waals surface area contributed by atoms with E-state index in [1.54, 1.807) is 16.8 Å². The van der Waals surface area contributed by atoms with E-state index in [-0.39, 0.29) is 6.04 Å². The van der Waals surface area contributed by atoms with Crippen LogP contribution in [0.25, 0.3) is 0 Å². The number of nitrogens with one attached hydrogen (secondary N) is 1. The first-order valence-electron chi connectivity index (χ1n) is 6.33. The van der Waals surface area contributed by atoms with Crippen LogP contribution in [0, 0.1) is 5.82 Å². The number of aromatic nitrogens is 3. The molecule has 0 aliphatic carbocycles. The highest BCUT2D eigenvalue weighted by Gasteiger charge is 2.21. The Hall–Kier alpha value is -1.50. The van der Waals surface area contributed by atoms with Gasteiger partial charge in [0.25, 0.3) is 0 Å². The Morgan fingerprint density at radius 2 is 2.20 bits per heavy atom. The molecule has 2 rings (SSSR count). The fourth-order valence-electron chi connectivity index (χ4n) is 2.12. The zero-order chi connectivity index (χ0) is 14.7. The lowest BCUT2D eigenvalue weighted by molar-refractivity contribution is 0.457. The van der Waals surface area contributed by atoms with Crippen LogP contribution in [-0.2, 0) is 6.42 Å². The van der Waals surface area contributed by atoms with Crippen molar-refractivity contribution in [1.29, 1.82) is 0 Å². The minimum absolute atomic E-state index is 0.169. The van der Waals surface area contributed by atoms with Crippen LogP contribution < -0.4 is 11.3 Å². The van der Waals surface area contributed by atoms with Gasteiger partial charge in [-0.15, -0.1) is 0 Å². The highest BCUT2D eigenvalue weighted by atomic mass is 35.5. The van der Waals surface area contributed by atoms with E-state index in [4.69, 9.17) is 17.4 Å². The molecular weight excluding hydrogens is 281 g/mol. The van der Waals surface area contributed by atoms with Crippen molar-refractivity contribution in [3.63, 3.8) is 0 Å². The molecule has 0 radical (unpaired) electrons. The Balaban J connectivity index is 2.32. The van der Waals surface area contributed by atoms with Gasteiger partial charge in [-0.2, -0.15) is 5.10 Å². The number of hydrogen-bond donors (Lipinski definition) is 2. The smallest absolute Gasteiger partial charge is 0.138 e. The van der Waals surface area contributed by atoms with Gasteiger partial charge in [0.05, 0.1) is 6.04 Å². The molecule has 0 saturated carbocycles. The van der Waals surface area contributed by atoms with Crippen LogP contribution in [-0.4, -0.2) is 14.8 Å². The Labute approximate surface area is 121 Å². The van der Waals surface area contributed by atoms with E-state index >= 15 is 0 Å². The van der Waals surface area contributed by atoms with Crippen LogP contribution in [0.1, 0.15) is 37.3 Å². The molecule has 3 N–H and O–H groups in total. The molecule has 0 bridgehead atoms. The van der Waals surface area contributed by atoms with Gasteiger partial charge in [0.15, 0.2) is 0 Å². The third-order valence-corrected chi connectivity index (χ3v) is 3.40. The van der Waals surface area contributed by atoms with E-state index in [0.29, 0.717) is 17.0 Å². The fourth-order valence-corrected chi connectivity index (χ4v) is 2.42. The monoisotopic (exact) mass is 297 g/mol. The normalized spacial score (nSPS) is 12.9. The number of benzene rings is 1. The van der Waals surface area contributed by atoms with E-state index < -0.39 is 11.9 Å². The second-order valence-electron chi connectivity index (χ2n) is 4.77. The van der Waals surface area contributed by atoms with Crippen LogP contribution in [0.4, 0.5) is 4.39 Å². The van der Waals surface area contributed by atoms with Crippen LogP contribution in [0.2, 0.25) is 5.02 Å². The van der Waals surface area contributed by atoms with Gasteiger partial charge in [0.1, 0.15) is 18.0 Å². The van der Waals surface area contributed by atoms with Crippen molar-refractivity contribution < 1.29 is 4.39 Å². The Morgan fingerprint density at radius 1 is 1.45 bits per heavy atom. The van der Waals surface area contributed by atoms with E-state index in [1.807, 2.05) is 13.8 Å². The number of halogens is 2. The summed E-state index contributed by atoms with van der Waals surface area (Å²) in [5, 5.41) is 4.49. The first-order valence-corrected chi connectivity index (χ1v) is 6.70. The van der Waals surface area contributed by atoms with Crippen LogP contribution in [0.15, 0.2) is 24.5 Å². The predicted molar refractivity (Wildman–Crippen MR) is 75.6 cm³/mol. The number of rotatable bonds is 5. The topological polar surface area (TPSA) is 68.8 Å². The van der Waals surface area contributed by atoms with Crippen molar-refractivity contribution in [2.75, 3.05) is 0 Å². The zero-order valence-corrected chi connectivity index (χ0v) is 12.1. The fraction of sp³-hybridized carbons (Fsp3) is 0.385. The summed E-state index contributed by atoms with van der Waals surface area (Å²) in [6, 6.07) is 4.26. The van der Waals surface area contributed by atoms with Crippen molar-refractivity contribution in [2.45, 2.75) is 32.4 Å². The molecule has 1 atom stereocenters. The summed E-state index contributed by atoms with van der Waals surface area (Å²) in [6.07, 6.45) is 1.88. The van der Waals surface area contributed by atoms with Crippen molar-refractivity contribution in [2.24, 2.45) is 5.84 Å². The third-order valence-electron chi connectivity index (χ3n) is 3.07. The summed E-state index contributed by atoms with van der Waals surface area (Å²) in [4.78, 5) is 4.20. The molecule has 20 heavy (non-hydrogen) atoms. The quantitative estimate of drug-likeness (QED) is 0.657. The Morgan fingerprint density at radius 3 is 2.80 bits per heavy atom. The van der Waals surface area contributed by atoms with Crippen LogP contribution >= 0.6 is 11.6 Å². The molecule has 108 valence electrons. The molecule has 5 nitrogen and oxygen atoms in total. The Kier molecular flexibility index (Phi) is 4.69. The molecule has 1 heterocycles. The van der Waals surface area contributed by atoms with Crippen LogP contribution in [0.3, 0.4) is 0 Å². The molecule has 2 aromatic rings. The molecule has 0 fully saturated rings. The van der Waals surface area contributed by atoms with Crippen molar-refractivity contribution in [3.8, 4) is 0 Å². The largest absolute Gasteiger partial charge is 0.271 e. The predicted octanol–water partition coefficient (Wildman–Crippen LogP) is 2.40. The number of nitrogens with zero attached hydrogens (tertiary/aromatic N) is 3. The lowest BCUT2D eigenvalue weighted by Crippen LogP contribution is -2.31. The standard InChI is InChI=1S/C13H17ClFN5/c1-8(2)20-12(17-7-18-20)6-11(19-16)13-9(14)4-3-5-10(13)15/h3-5,7-8,11,19H,6,16H2,1-2H3. The van der Waals surface area contributed by atoms with E-state index in [2.05, 4.69) is 15.5 Å². The highest BCUT2D eigenvalue weighted by molar-refractivity contribution is 6.31. The van der Waals surface area contributed by atoms with Crippen molar-refractivity contribution in [1.82, 2.24) is 20.2 Å². The second kappa shape index (κ2) is 6.30. The third kappa shape index (κ3) is 2.98. The van der Waals surface area contributed by atoms with Crippen molar-refractivity contribution in [3.05, 3.63) is 46.8 Å². The molecule has 0 spiro atoms. The summed E-state index contributed by atoms with van der Waals surface area (Å²) >= 11 is 6.07. The number of nitrogens with two attached hydrogens (primary N) is 1. The molecule has 7 heteroatoms. The molecule has 1 aromatic heterocycles. The van der Waals surface area contributed by atoms with E-state index in [9.17, 15) is 4.39 Å². The number of hydrogen-bond acceptors (Lipinski definition) is 4. The summed E-state index contributed by atoms with van der Waals surface area (Å²) < 4.78 is 15.7. The second-order valence-corrected chi connectivity index (χ2v) is 5.18. The van der Waals surface area contributed by atoms with Gasteiger partial charge in [0.2, 0.25) is 0 Å². The maximum absolute atomic E-state index is 14.0. The minimum Gasteiger partial charge on any atom is -0.271 e. The summed E-state index contributed by atoms with van der Waals surface area (Å²) in [6.45, 7) is 4.00. The lowest BCUT2D eigenvalue weighted by atomic mass is 10.0. The van der Waals surface area contributed by atoms with Gasteiger partial charge < -0.3 is 0 Å². The average Bonchev–Trinajstić information content (AvgIpc) is 2.85. The summed E-state index contributed by atoms with van der Waals surface area (Å²) in [7, 11) is 0. The van der Waals surface area contributed by atoms with E-state index in [0.717, 1.165) is 5.82 Å². The molecule has 1 unspecified atom stereocenters. The van der Waals surface area contributed by atoms with Gasteiger partial charge in [0, 0.05) is 23.0 Å². The number of hydrazine groups is 1. The molecule has 0 aliphatic heterocycles. The van der Waals surface area contributed by atoms with Crippen LogP contribution in [0.5, 0.6) is 0 Å². The highest BCUT2D eigenvalue weighted by Crippen LogP contribution is 2.27. The SMILES string of the molecule is CC(C)n1ncnc1CC(NN)c1c(F)cccc1Cl. The van der Waals surface area contributed by atoms with Gasteiger partial charge in [-0.05, 0) is 26.0 Å². The van der Waals surface area contributed by atoms with Gasteiger partial charge in [-0.3, -0.25) is 11.3 Å². The average molecular weight is 298 g/mol. The summed E-state index contributed by atoms with van der Waals surface area (Å²) in [5.74, 6) is 5.88. The Bertz CT molecular complexity index is 564. The molecule has 0 saturated heterocycles. The van der Waals surface area contributed by atoms with E-state index in [1.165, 1.54) is 12.4 Å². The minimum atomic E-state index is -0.467. The molecular formula is C13H17ClFN5. The maximum atomic E-state index is 14.0. The molecule has 0 amide bonds. The lowest BCUT2D eigenvalue weighted by Gasteiger charge is -2.19. The first-order chi connectivity index (χ1) is 9.54. The van der Waals surface area contributed by atoms with Gasteiger partial charge in [-0.1, -0.05) is 17.7 Å². The van der Waals surface area contributed by atoms with Crippen molar-refractivity contribution >= 4 is 11.6 Å². The maximum Gasteiger partial charge on any atom is 0.138 e. The van der Waals surface area contributed by atoms with Gasteiger partial charge >= 0.3 is 0 Å².